The fourth-order valence-electron chi connectivity index (χ4n) is 1.28. The molecule has 1 aromatic rings. The van der Waals surface area contributed by atoms with Crippen LogP contribution in [0.1, 0.15) is 25.8 Å². The van der Waals surface area contributed by atoms with E-state index in [-0.39, 0.29) is 5.82 Å². The molecule has 0 aliphatic heterocycles. The molecular weight excluding hydrogens is 179 g/mol. The second-order valence-electron chi connectivity index (χ2n) is 3.68. The summed E-state index contributed by atoms with van der Waals surface area (Å²) in [6, 6.07) is 2.24. The van der Waals surface area contributed by atoms with Crippen molar-refractivity contribution in [1.29, 1.82) is 0 Å². The third-order valence-electron chi connectivity index (χ3n) is 2.03. The summed E-state index contributed by atoms with van der Waals surface area (Å²) in [7, 11) is 0. The van der Waals surface area contributed by atoms with Crippen LogP contribution in [0.25, 0.3) is 0 Å². The Morgan fingerprint density at radius 1 is 1.50 bits per heavy atom. The number of nitrogens with zero attached hydrogens (tertiary/aromatic N) is 1. The number of hydrogen-bond acceptors (Lipinski definition) is 2. The molecule has 1 heterocycles. The first kappa shape index (κ1) is 11.1. The molecule has 0 saturated carbocycles. The van der Waals surface area contributed by atoms with Gasteiger partial charge in [0, 0.05) is 12.2 Å². The van der Waals surface area contributed by atoms with Crippen LogP contribution in [-0.2, 0) is 6.42 Å². The van der Waals surface area contributed by atoms with Crippen molar-refractivity contribution in [3.05, 3.63) is 29.8 Å². The lowest BCUT2D eigenvalue weighted by Crippen LogP contribution is -2.24. The zero-order chi connectivity index (χ0) is 10.4. The third kappa shape index (κ3) is 3.83. The monoisotopic (exact) mass is 196 g/mol. The van der Waals surface area contributed by atoms with Gasteiger partial charge in [-0.1, -0.05) is 13.8 Å². The molecule has 0 atom stereocenters. The van der Waals surface area contributed by atoms with E-state index in [4.69, 9.17) is 0 Å². The van der Waals surface area contributed by atoms with E-state index >= 15 is 0 Å². The molecule has 78 valence electrons. The highest BCUT2D eigenvalue weighted by molar-refractivity contribution is 5.12. The largest absolute Gasteiger partial charge is 0.315 e. The fourth-order valence-corrected chi connectivity index (χ4v) is 1.28. The van der Waals surface area contributed by atoms with Crippen molar-refractivity contribution in [2.24, 2.45) is 0 Å². The van der Waals surface area contributed by atoms with Gasteiger partial charge in [-0.2, -0.15) is 0 Å². The average Bonchev–Trinajstić information content (AvgIpc) is 2.15. The minimum absolute atomic E-state index is 0.197. The van der Waals surface area contributed by atoms with Crippen LogP contribution in [-0.4, -0.2) is 17.6 Å². The summed E-state index contributed by atoms with van der Waals surface area (Å²) in [6.07, 6.45) is 4.63. The molecule has 0 fully saturated rings. The first-order valence-corrected chi connectivity index (χ1v) is 5.02. The molecule has 0 aromatic carbocycles. The number of halogens is 1. The Bertz CT molecular complexity index is 274. The van der Waals surface area contributed by atoms with Gasteiger partial charge in [0.05, 0.1) is 6.20 Å². The Kier molecular flexibility index (Phi) is 4.53. The molecule has 2 nitrogen and oxygen atoms in total. The van der Waals surface area contributed by atoms with Gasteiger partial charge in [0.2, 0.25) is 0 Å². The lowest BCUT2D eigenvalue weighted by molar-refractivity contribution is 0.557. The predicted molar refractivity (Wildman–Crippen MR) is 55.7 cm³/mol. The molecule has 0 bridgehead atoms. The van der Waals surface area contributed by atoms with Crippen molar-refractivity contribution in [3.63, 3.8) is 0 Å². The molecule has 0 radical (unpaired) electrons. The highest BCUT2D eigenvalue weighted by Gasteiger charge is 2.00. The number of nitrogens with one attached hydrogen (secondary N) is 1. The minimum atomic E-state index is -0.197. The second kappa shape index (κ2) is 5.70. The Balaban J connectivity index is 2.28. The van der Waals surface area contributed by atoms with Crippen LogP contribution in [0.3, 0.4) is 0 Å². The van der Waals surface area contributed by atoms with Gasteiger partial charge in [0.25, 0.3) is 0 Å². The smallest absolute Gasteiger partial charge is 0.144 e. The minimum Gasteiger partial charge on any atom is -0.315 e. The van der Waals surface area contributed by atoms with Crippen LogP contribution in [0.4, 0.5) is 4.39 Å². The van der Waals surface area contributed by atoms with Crippen LogP contribution in [0.2, 0.25) is 0 Å². The maximum atomic E-state index is 13.1. The molecule has 14 heavy (non-hydrogen) atoms. The number of aryl methyl sites for hydroxylation is 1. The van der Waals surface area contributed by atoms with Crippen molar-refractivity contribution in [2.75, 3.05) is 6.54 Å². The van der Waals surface area contributed by atoms with Crippen LogP contribution < -0.4 is 5.32 Å². The van der Waals surface area contributed by atoms with Crippen LogP contribution in [0.15, 0.2) is 18.5 Å². The maximum Gasteiger partial charge on any atom is 0.144 e. The van der Waals surface area contributed by atoms with Gasteiger partial charge in [0.1, 0.15) is 5.82 Å². The normalized spacial score (nSPS) is 10.9. The highest BCUT2D eigenvalue weighted by Crippen LogP contribution is 2.06. The van der Waals surface area contributed by atoms with Gasteiger partial charge < -0.3 is 5.32 Å². The molecule has 0 spiro atoms. The van der Waals surface area contributed by atoms with Gasteiger partial charge >= 0.3 is 0 Å². The van der Waals surface area contributed by atoms with Crippen molar-refractivity contribution >= 4 is 0 Å². The SMILES string of the molecule is CC(C)NCCCc1ccncc1F. The summed E-state index contributed by atoms with van der Waals surface area (Å²) < 4.78 is 13.1. The van der Waals surface area contributed by atoms with E-state index in [0.29, 0.717) is 6.04 Å². The van der Waals surface area contributed by atoms with E-state index < -0.39 is 0 Å². The third-order valence-corrected chi connectivity index (χ3v) is 2.03. The summed E-state index contributed by atoms with van der Waals surface area (Å²) in [5.41, 5.74) is 0.755. The van der Waals surface area contributed by atoms with Crippen LogP contribution in [0, 0.1) is 5.82 Å². The van der Waals surface area contributed by atoms with Gasteiger partial charge in [-0.05, 0) is 31.0 Å². The number of hydrogen-bond donors (Lipinski definition) is 1. The maximum absolute atomic E-state index is 13.1. The molecular formula is C11H17FN2. The summed E-state index contributed by atoms with van der Waals surface area (Å²) in [5.74, 6) is -0.197. The van der Waals surface area contributed by atoms with Gasteiger partial charge in [-0.15, -0.1) is 0 Å². The highest BCUT2D eigenvalue weighted by atomic mass is 19.1. The summed E-state index contributed by atoms with van der Waals surface area (Å²) in [6.45, 7) is 5.14. The van der Waals surface area contributed by atoms with Crippen LogP contribution >= 0.6 is 0 Å². The zero-order valence-electron chi connectivity index (χ0n) is 8.76. The standard InChI is InChI=1S/C11H17FN2/c1-9(2)14-6-3-4-10-5-7-13-8-11(10)12/h5,7-9,14H,3-4,6H2,1-2H3. The van der Waals surface area contributed by atoms with Crippen molar-refractivity contribution in [2.45, 2.75) is 32.7 Å². The van der Waals surface area contributed by atoms with E-state index in [1.807, 2.05) is 0 Å². The second-order valence-corrected chi connectivity index (χ2v) is 3.68. The van der Waals surface area contributed by atoms with Crippen LogP contribution in [0.5, 0.6) is 0 Å². The Morgan fingerprint density at radius 3 is 2.93 bits per heavy atom. The van der Waals surface area contributed by atoms with E-state index in [9.17, 15) is 4.39 Å². The zero-order valence-corrected chi connectivity index (χ0v) is 8.76. The number of aromatic nitrogens is 1. The average molecular weight is 196 g/mol. The van der Waals surface area contributed by atoms with Crippen molar-refractivity contribution in [3.8, 4) is 0 Å². The predicted octanol–water partition coefficient (Wildman–Crippen LogP) is 2.15. The van der Waals surface area contributed by atoms with E-state index in [0.717, 1.165) is 24.9 Å². The summed E-state index contributed by atoms with van der Waals surface area (Å²) >= 11 is 0. The van der Waals surface area contributed by atoms with Gasteiger partial charge in [0.15, 0.2) is 0 Å². The molecule has 3 heteroatoms. The number of rotatable bonds is 5. The molecule has 1 aromatic heterocycles. The van der Waals surface area contributed by atoms with E-state index in [1.165, 1.54) is 6.20 Å². The lowest BCUT2D eigenvalue weighted by atomic mass is 10.1. The van der Waals surface area contributed by atoms with Crippen molar-refractivity contribution < 1.29 is 4.39 Å². The molecule has 0 unspecified atom stereocenters. The topological polar surface area (TPSA) is 24.9 Å². The van der Waals surface area contributed by atoms with Crippen molar-refractivity contribution in [1.82, 2.24) is 10.3 Å². The fraction of sp³-hybridized carbons (Fsp3) is 0.545. The Hall–Kier alpha value is -0.960. The molecule has 0 aliphatic carbocycles. The summed E-state index contributed by atoms with van der Waals surface area (Å²) in [4.78, 5) is 3.71. The van der Waals surface area contributed by atoms with E-state index in [2.05, 4.69) is 24.1 Å². The Labute approximate surface area is 84.6 Å². The molecule has 1 N–H and O–H groups in total. The lowest BCUT2D eigenvalue weighted by Gasteiger charge is -2.07. The molecule has 0 saturated heterocycles. The number of pyridine rings is 1. The summed E-state index contributed by atoms with van der Waals surface area (Å²) in [5, 5.41) is 3.30. The van der Waals surface area contributed by atoms with Gasteiger partial charge in [-0.3, -0.25) is 4.98 Å². The molecule has 1 rings (SSSR count). The quantitative estimate of drug-likeness (QED) is 0.730. The molecule has 0 aliphatic rings. The first-order chi connectivity index (χ1) is 6.70. The first-order valence-electron chi connectivity index (χ1n) is 5.02. The van der Waals surface area contributed by atoms with E-state index in [1.54, 1.807) is 12.3 Å². The van der Waals surface area contributed by atoms with Gasteiger partial charge in [-0.25, -0.2) is 4.39 Å². The Morgan fingerprint density at radius 2 is 2.29 bits per heavy atom. The molecule has 0 amide bonds.